The van der Waals surface area contributed by atoms with Gasteiger partial charge in [-0.3, -0.25) is 14.4 Å². The number of amides is 3. The number of fused-ring (bicyclic) bond motifs is 1. The van der Waals surface area contributed by atoms with E-state index in [9.17, 15) is 19.6 Å². The molecule has 3 amide bonds. The number of carbonyl (C=O) groups excluding carboxylic acids is 3. The molecule has 2 aromatic carbocycles. The average Bonchev–Trinajstić information content (AvgIpc) is 3.33. The second-order valence-electron chi connectivity index (χ2n) is 8.64. The van der Waals surface area contributed by atoms with Crippen LogP contribution >= 0.6 is 23.2 Å². The predicted octanol–water partition coefficient (Wildman–Crippen LogP) is 3.17. The van der Waals surface area contributed by atoms with Gasteiger partial charge in [0.05, 0.1) is 41.9 Å². The predicted molar refractivity (Wildman–Crippen MR) is 121 cm³/mol. The summed E-state index contributed by atoms with van der Waals surface area (Å²) in [5.41, 5.74) is -1.36. The number of piperidine rings is 1. The van der Waals surface area contributed by atoms with Gasteiger partial charge < -0.3 is 9.64 Å². The maximum absolute atomic E-state index is 13.9. The maximum Gasteiger partial charge on any atom is 0.242 e. The second-order valence-corrected chi connectivity index (χ2v) is 9.52. The van der Waals surface area contributed by atoms with Gasteiger partial charge in [-0.1, -0.05) is 35.3 Å². The Balaban J connectivity index is 1.62. The first-order chi connectivity index (χ1) is 15.8. The highest BCUT2D eigenvalue weighted by molar-refractivity contribution is 6.37. The van der Waals surface area contributed by atoms with Crippen LogP contribution in [0.2, 0.25) is 10.0 Å². The number of carbonyl (C=O) groups is 3. The van der Waals surface area contributed by atoms with Crippen molar-refractivity contribution in [3.63, 3.8) is 0 Å². The number of morpholine rings is 1. The molecule has 3 fully saturated rings. The number of imide groups is 1. The van der Waals surface area contributed by atoms with Gasteiger partial charge in [0.2, 0.25) is 17.7 Å². The van der Waals surface area contributed by atoms with Gasteiger partial charge in [0.15, 0.2) is 0 Å². The van der Waals surface area contributed by atoms with E-state index in [1.54, 1.807) is 36.1 Å². The van der Waals surface area contributed by atoms with E-state index >= 15 is 0 Å². The Bertz CT molecular complexity index is 1220. The van der Waals surface area contributed by atoms with Crippen LogP contribution in [0.1, 0.15) is 18.1 Å². The van der Waals surface area contributed by atoms with Gasteiger partial charge in [-0.15, -0.1) is 0 Å². The Morgan fingerprint density at radius 2 is 1.70 bits per heavy atom. The number of ether oxygens (including phenoxy) is 1. The van der Waals surface area contributed by atoms with Gasteiger partial charge in [0.1, 0.15) is 5.41 Å². The minimum atomic E-state index is -1.34. The van der Waals surface area contributed by atoms with E-state index in [1.165, 1.54) is 18.2 Å². The minimum absolute atomic E-state index is 0.270. The van der Waals surface area contributed by atoms with Crippen LogP contribution in [-0.2, 0) is 24.5 Å². The van der Waals surface area contributed by atoms with Crippen molar-refractivity contribution >= 4 is 46.6 Å². The molecule has 0 unspecified atom stereocenters. The van der Waals surface area contributed by atoms with Crippen LogP contribution in [-0.4, -0.2) is 48.9 Å². The van der Waals surface area contributed by atoms with Gasteiger partial charge in [-0.2, -0.15) is 5.26 Å². The van der Waals surface area contributed by atoms with Crippen LogP contribution in [0.25, 0.3) is 0 Å². The van der Waals surface area contributed by atoms with Gasteiger partial charge >= 0.3 is 0 Å². The molecule has 7 nitrogen and oxygen atoms in total. The Hall–Kier alpha value is -2.92. The van der Waals surface area contributed by atoms with Crippen LogP contribution in [0, 0.1) is 22.7 Å². The molecule has 0 aromatic heterocycles. The van der Waals surface area contributed by atoms with E-state index < -0.39 is 28.6 Å². The molecule has 33 heavy (non-hydrogen) atoms. The topological polar surface area (TPSA) is 90.7 Å². The number of nitrogens with zero attached hydrogens (tertiary/aromatic N) is 3. The first kappa shape index (κ1) is 21.9. The van der Waals surface area contributed by atoms with E-state index in [1.807, 2.05) is 0 Å². The van der Waals surface area contributed by atoms with E-state index in [0.29, 0.717) is 47.5 Å². The molecule has 3 atom stereocenters. The maximum atomic E-state index is 13.9. The summed E-state index contributed by atoms with van der Waals surface area (Å²) in [7, 11) is 0. The van der Waals surface area contributed by atoms with Crippen molar-refractivity contribution in [2.24, 2.45) is 11.3 Å². The number of rotatable bonds is 3. The molecule has 2 aliphatic heterocycles. The monoisotopic (exact) mass is 483 g/mol. The second kappa shape index (κ2) is 7.56. The zero-order valence-corrected chi connectivity index (χ0v) is 19.2. The third kappa shape index (κ3) is 2.88. The Labute approximate surface area is 200 Å². The van der Waals surface area contributed by atoms with Crippen LogP contribution in [0.4, 0.5) is 5.69 Å². The van der Waals surface area contributed by atoms with Crippen molar-refractivity contribution in [3.8, 4) is 6.07 Å². The summed E-state index contributed by atoms with van der Waals surface area (Å²) in [6, 6.07) is 13.1. The fraction of sp³-hybridized carbons (Fsp3) is 0.333. The van der Waals surface area contributed by atoms with Crippen molar-refractivity contribution in [3.05, 3.63) is 63.6 Å². The van der Waals surface area contributed by atoms with Crippen LogP contribution in [0.5, 0.6) is 0 Å². The van der Waals surface area contributed by atoms with E-state index in [4.69, 9.17) is 27.9 Å². The molecule has 3 aliphatic rings. The van der Waals surface area contributed by atoms with E-state index in [2.05, 4.69) is 6.07 Å². The van der Waals surface area contributed by atoms with E-state index in [0.717, 1.165) is 4.90 Å². The van der Waals surface area contributed by atoms with Crippen LogP contribution < -0.4 is 4.90 Å². The highest BCUT2D eigenvalue weighted by Crippen LogP contribution is 2.74. The third-order valence-corrected chi connectivity index (χ3v) is 7.51. The first-order valence-corrected chi connectivity index (χ1v) is 11.2. The normalized spacial score (nSPS) is 28.5. The smallest absolute Gasteiger partial charge is 0.242 e. The molecule has 0 radical (unpaired) electrons. The van der Waals surface area contributed by atoms with Crippen LogP contribution in [0.15, 0.2) is 42.5 Å². The molecule has 5 rings (SSSR count). The zero-order valence-electron chi connectivity index (χ0n) is 17.7. The summed E-state index contributed by atoms with van der Waals surface area (Å²) in [6.07, 6.45) is 0. The molecule has 0 N–H and O–H groups in total. The number of halogens is 2. The molecule has 1 aliphatic carbocycles. The molecule has 2 aromatic rings. The van der Waals surface area contributed by atoms with Crippen molar-refractivity contribution in [2.75, 3.05) is 31.2 Å². The molecule has 2 saturated heterocycles. The highest BCUT2D eigenvalue weighted by atomic mass is 35.5. The van der Waals surface area contributed by atoms with Crippen molar-refractivity contribution in [2.45, 2.75) is 12.3 Å². The Morgan fingerprint density at radius 1 is 1.09 bits per heavy atom. The van der Waals surface area contributed by atoms with Gasteiger partial charge in [0.25, 0.3) is 0 Å². The molecular formula is C24H19Cl2N3O4. The fourth-order valence-electron chi connectivity index (χ4n) is 5.48. The summed E-state index contributed by atoms with van der Waals surface area (Å²) in [5, 5.41) is 9.78. The molecule has 2 heterocycles. The number of nitriles is 1. The largest absolute Gasteiger partial charge is 0.378 e. The Morgan fingerprint density at radius 3 is 2.21 bits per heavy atom. The molecule has 1 saturated carbocycles. The summed E-state index contributed by atoms with van der Waals surface area (Å²) in [4.78, 5) is 44.1. The average molecular weight is 484 g/mol. The lowest BCUT2D eigenvalue weighted by molar-refractivity contribution is -0.143. The fourth-order valence-corrected chi connectivity index (χ4v) is 5.99. The summed E-state index contributed by atoms with van der Waals surface area (Å²) >= 11 is 12.2. The lowest BCUT2D eigenvalue weighted by Crippen LogP contribution is -2.52. The van der Waals surface area contributed by atoms with Gasteiger partial charge in [-0.25, -0.2) is 4.90 Å². The van der Waals surface area contributed by atoms with E-state index in [-0.39, 0.29) is 11.6 Å². The lowest BCUT2D eigenvalue weighted by atomic mass is 9.83. The van der Waals surface area contributed by atoms with Gasteiger partial charge in [0, 0.05) is 23.1 Å². The molecule has 9 heteroatoms. The zero-order chi connectivity index (χ0) is 23.5. The number of hydrogen-bond donors (Lipinski definition) is 0. The molecular weight excluding hydrogens is 465 g/mol. The summed E-state index contributed by atoms with van der Waals surface area (Å²) in [5.74, 6) is -2.08. The molecule has 168 valence electrons. The van der Waals surface area contributed by atoms with Gasteiger partial charge in [-0.05, 0) is 42.8 Å². The van der Waals surface area contributed by atoms with Crippen molar-refractivity contribution in [1.82, 2.24) is 4.90 Å². The minimum Gasteiger partial charge on any atom is -0.378 e. The van der Waals surface area contributed by atoms with Crippen LogP contribution in [0.3, 0.4) is 0 Å². The molecule has 0 bridgehead atoms. The Kier molecular flexibility index (Phi) is 5.02. The lowest BCUT2D eigenvalue weighted by Gasteiger charge is -2.35. The number of benzene rings is 2. The van der Waals surface area contributed by atoms with Crippen molar-refractivity contribution < 1.29 is 19.1 Å². The summed E-state index contributed by atoms with van der Waals surface area (Å²) in [6.45, 7) is 3.23. The number of hydrogen-bond acceptors (Lipinski definition) is 5. The highest BCUT2D eigenvalue weighted by Gasteiger charge is 2.90. The third-order valence-electron chi connectivity index (χ3n) is 7.07. The van der Waals surface area contributed by atoms with Crippen molar-refractivity contribution in [1.29, 1.82) is 5.26 Å². The molecule has 0 spiro atoms. The first-order valence-electron chi connectivity index (χ1n) is 10.5. The standard InChI is InChI=1S/C24H19Cl2N3O4/c1-23-19(20(30)29(21(23)31)18-11-16(25)10-17(26)12-18)24(23,15-4-2-14(13-27)3-5-15)22(32)28-6-8-33-9-7-28/h2-5,10-12,19H,6-9H2,1H3/t19-,23-,24-/m1/s1. The number of anilines is 1. The summed E-state index contributed by atoms with van der Waals surface area (Å²) < 4.78 is 5.38. The SMILES string of the molecule is C[C@]12C(=O)N(c3cc(Cl)cc(Cl)c3)C(=O)[C@H]1[C@@]2(C(=O)N1CCOCC1)c1ccc(C#N)cc1. The quantitative estimate of drug-likeness (QED) is 0.625.